The second-order valence-corrected chi connectivity index (χ2v) is 2.70. The van der Waals surface area contributed by atoms with Crippen molar-refractivity contribution in [2.24, 2.45) is 0 Å². The summed E-state index contributed by atoms with van der Waals surface area (Å²) in [4.78, 5) is 10.6. The SMILES string of the molecule is CCCn1cc(C(=O)O)c(C)n1. The summed E-state index contributed by atoms with van der Waals surface area (Å²) in [6, 6.07) is 0. The zero-order valence-corrected chi connectivity index (χ0v) is 7.24. The molecular formula is C8H12N2O2. The molecule has 0 saturated carbocycles. The van der Waals surface area contributed by atoms with Gasteiger partial charge in [-0.25, -0.2) is 4.79 Å². The summed E-state index contributed by atoms with van der Waals surface area (Å²) < 4.78 is 1.67. The van der Waals surface area contributed by atoms with Crippen LogP contribution in [0.15, 0.2) is 6.20 Å². The fourth-order valence-corrected chi connectivity index (χ4v) is 1.07. The van der Waals surface area contributed by atoms with Gasteiger partial charge in [0.25, 0.3) is 0 Å². The molecule has 4 heteroatoms. The molecule has 0 amide bonds. The number of hydrogen-bond donors (Lipinski definition) is 1. The highest BCUT2D eigenvalue weighted by Gasteiger charge is 2.10. The lowest BCUT2D eigenvalue weighted by Crippen LogP contribution is -1.97. The van der Waals surface area contributed by atoms with Gasteiger partial charge in [0.1, 0.15) is 5.56 Å². The number of carboxylic acid groups (broad SMARTS) is 1. The topological polar surface area (TPSA) is 55.1 Å². The first-order chi connectivity index (χ1) is 5.65. The third kappa shape index (κ3) is 1.64. The predicted molar refractivity (Wildman–Crippen MR) is 44.2 cm³/mol. The Kier molecular flexibility index (Phi) is 2.47. The van der Waals surface area contributed by atoms with E-state index in [0.717, 1.165) is 13.0 Å². The third-order valence-electron chi connectivity index (χ3n) is 1.63. The first-order valence-electron chi connectivity index (χ1n) is 3.92. The van der Waals surface area contributed by atoms with Crippen molar-refractivity contribution in [1.29, 1.82) is 0 Å². The summed E-state index contributed by atoms with van der Waals surface area (Å²) in [5, 5.41) is 12.8. The van der Waals surface area contributed by atoms with Gasteiger partial charge in [0, 0.05) is 12.7 Å². The number of hydrogen-bond acceptors (Lipinski definition) is 2. The highest BCUT2D eigenvalue weighted by Crippen LogP contribution is 2.05. The standard InChI is InChI=1S/C8H12N2O2/c1-3-4-10-5-7(8(11)12)6(2)9-10/h5H,3-4H2,1-2H3,(H,11,12). The molecule has 0 aromatic carbocycles. The first kappa shape index (κ1) is 8.77. The minimum atomic E-state index is -0.908. The van der Waals surface area contributed by atoms with E-state index in [0.29, 0.717) is 11.3 Å². The van der Waals surface area contributed by atoms with Crippen LogP contribution in [0.4, 0.5) is 0 Å². The maximum atomic E-state index is 10.6. The predicted octanol–water partition coefficient (Wildman–Crippen LogP) is 1.30. The Morgan fingerprint density at radius 2 is 2.42 bits per heavy atom. The number of carboxylic acids is 1. The fourth-order valence-electron chi connectivity index (χ4n) is 1.07. The molecule has 1 N–H and O–H groups in total. The lowest BCUT2D eigenvalue weighted by atomic mass is 10.3. The van der Waals surface area contributed by atoms with Gasteiger partial charge in [0.15, 0.2) is 0 Å². The molecule has 0 aliphatic heterocycles. The molecule has 0 aliphatic carbocycles. The number of rotatable bonds is 3. The maximum absolute atomic E-state index is 10.6. The molecule has 0 saturated heterocycles. The summed E-state index contributed by atoms with van der Waals surface area (Å²) in [5.41, 5.74) is 0.874. The second kappa shape index (κ2) is 3.38. The van der Waals surface area contributed by atoms with Crippen LogP contribution in [0.25, 0.3) is 0 Å². The summed E-state index contributed by atoms with van der Waals surface area (Å²) in [6.45, 7) is 4.50. The molecule has 1 heterocycles. The molecule has 12 heavy (non-hydrogen) atoms. The summed E-state index contributed by atoms with van der Waals surface area (Å²) in [5.74, 6) is -0.908. The zero-order chi connectivity index (χ0) is 9.14. The lowest BCUT2D eigenvalue weighted by Gasteiger charge is -1.93. The van der Waals surface area contributed by atoms with E-state index in [1.807, 2.05) is 6.92 Å². The Morgan fingerprint density at radius 3 is 2.83 bits per heavy atom. The Bertz CT molecular complexity index is 291. The summed E-state index contributed by atoms with van der Waals surface area (Å²) in [7, 11) is 0. The van der Waals surface area contributed by atoms with E-state index in [2.05, 4.69) is 5.10 Å². The van der Waals surface area contributed by atoms with Gasteiger partial charge in [-0.15, -0.1) is 0 Å². The van der Waals surface area contributed by atoms with Crippen molar-refractivity contribution in [3.05, 3.63) is 17.5 Å². The van der Waals surface area contributed by atoms with E-state index in [1.54, 1.807) is 17.8 Å². The third-order valence-corrected chi connectivity index (χ3v) is 1.63. The van der Waals surface area contributed by atoms with Crippen LogP contribution in [0.5, 0.6) is 0 Å². The number of aromatic nitrogens is 2. The molecule has 0 atom stereocenters. The van der Waals surface area contributed by atoms with Gasteiger partial charge in [-0.2, -0.15) is 5.10 Å². The minimum Gasteiger partial charge on any atom is -0.478 e. The first-order valence-corrected chi connectivity index (χ1v) is 3.92. The lowest BCUT2D eigenvalue weighted by molar-refractivity contribution is 0.0696. The summed E-state index contributed by atoms with van der Waals surface area (Å²) in [6.07, 6.45) is 2.53. The van der Waals surface area contributed by atoms with Gasteiger partial charge >= 0.3 is 5.97 Å². The Balaban J connectivity index is 2.92. The van der Waals surface area contributed by atoms with Crippen LogP contribution in [-0.4, -0.2) is 20.9 Å². The number of aryl methyl sites for hydroxylation is 2. The molecule has 1 aromatic heterocycles. The van der Waals surface area contributed by atoms with E-state index in [9.17, 15) is 4.79 Å². The maximum Gasteiger partial charge on any atom is 0.339 e. The smallest absolute Gasteiger partial charge is 0.339 e. The van der Waals surface area contributed by atoms with Gasteiger partial charge in [-0.3, -0.25) is 4.68 Å². The van der Waals surface area contributed by atoms with Crippen molar-refractivity contribution in [3.63, 3.8) is 0 Å². The molecular weight excluding hydrogens is 156 g/mol. The normalized spacial score (nSPS) is 10.2. The molecule has 1 rings (SSSR count). The van der Waals surface area contributed by atoms with E-state index in [4.69, 9.17) is 5.11 Å². The van der Waals surface area contributed by atoms with Crippen LogP contribution in [0.1, 0.15) is 29.4 Å². The van der Waals surface area contributed by atoms with Crippen LogP contribution in [0.2, 0.25) is 0 Å². The van der Waals surface area contributed by atoms with Gasteiger partial charge in [0.05, 0.1) is 5.69 Å². The van der Waals surface area contributed by atoms with E-state index >= 15 is 0 Å². The molecule has 66 valence electrons. The highest BCUT2D eigenvalue weighted by atomic mass is 16.4. The Labute approximate surface area is 70.8 Å². The number of aromatic carboxylic acids is 1. The van der Waals surface area contributed by atoms with E-state index in [1.165, 1.54) is 0 Å². The average molecular weight is 168 g/mol. The fraction of sp³-hybridized carbons (Fsp3) is 0.500. The van der Waals surface area contributed by atoms with Gasteiger partial charge < -0.3 is 5.11 Å². The highest BCUT2D eigenvalue weighted by molar-refractivity contribution is 5.88. The van der Waals surface area contributed by atoms with Gasteiger partial charge in [0.2, 0.25) is 0 Å². The van der Waals surface area contributed by atoms with E-state index in [-0.39, 0.29) is 0 Å². The molecule has 0 radical (unpaired) electrons. The Morgan fingerprint density at radius 1 is 1.75 bits per heavy atom. The van der Waals surface area contributed by atoms with Crippen LogP contribution >= 0.6 is 0 Å². The van der Waals surface area contributed by atoms with Crippen molar-refractivity contribution in [3.8, 4) is 0 Å². The quantitative estimate of drug-likeness (QED) is 0.740. The van der Waals surface area contributed by atoms with Crippen molar-refractivity contribution >= 4 is 5.97 Å². The van der Waals surface area contributed by atoms with Crippen LogP contribution < -0.4 is 0 Å². The number of carbonyl (C=O) groups is 1. The van der Waals surface area contributed by atoms with Gasteiger partial charge in [-0.1, -0.05) is 6.92 Å². The molecule has 0 aliphatic rings. The Hall–Kier alpha value is -1.32. The number of nitrogens with zero attached hydrogens (tertiary/aromatic N) is 2. The van der Waals surface area contributed by atoms with Crippen LogP contribution in [0, 0.1) is 6.92 Å². The monoisotopic (exact) mass is 168 g/mol. The summed E-state index contributed by atoms with van der Waals surface area (Å²) >= 11 is 0. The van der Waals surface area contributed by atoms with Crippen LogP contribution in [-0.2, 0) is 6.54 Å². The second-order valence-electron chi connectivity index (χ2n) is 2.70. The zero-order valence-electron chi connectivity index (χ0n) is 7.24. The average Bonchev–Trinajstić information content (AvgIpc) is 2.32. The molecule has 0 bridgehead atoms. The molecule has 4 nitrogen and oxygen atoms in total. The molecule has 0 spiro atoms. The van der Waals surface area contributed by atoms with Crippen LogP contribution in [0.3, 0.4) is 0 Å². The van der Waals surface area contributed by atoms with Crippen molar-refractivity contribution in [2.45, 2.75) is 26.8 Å². The van der Waals surface area contributed by atoms with Gasteiger partial charge in [-0.05, 0) is 13.3 Å². The molecule has 0 unspecified atom stereocenters. The van der Waals surface area contributed by atoms with Crippen molar-refractivity contribution in [1.82, 2.24) is 9.78 Å². The van der Waals surface area contributed by atoms with E-state index < -0.39 is 5.97 Å². The van der Waals surface area contributed by atoms with Crippen molar-refractivity contribution < 1.29 is 9.90 Å². The largest absolute Gasteiger partial charge is 0.478 e. The van der Waals surface area contributed by atoms with Crippen molar-refractivity contribution in [2.75, 3.05) is 0 Å². The molecule has 0 fully saturated rings. The molecule has 1 aromatic rings. The minimum absolute atomic E-state index is 0.295.